The second-order valence-corrected chi connectivity index (χ2v) is 8.99. The van der Waals surface area contributed by atoms with Crippen molar-refractivity contribution in [2.45, 2.75) is 58.5 Å². The van der Waals surface area contributed by atoms with Crippen LogP contribution >= 0.6 is 0 Å². The van der Waals surface area contributed by atoms with Crippen molar-refractivity contribution in [3.8, 4) is 11.5 Å². The van der Waals surface area contributed by atoms with E-state index in [1.165, 1.54) is 30.3 Å². The molecule has 2 aromatic carbocycles. The molecule has 0 atom stereocenters. The van der Waals surface area contributed by atoms with Crippen molar-refractivity contribution in [2.75, 3.05) is 0 Å². The molecule has 0 spiro atoms. The highest BCUT2D eigenvalue weighted by Gasteiger charge is 2.28. The number of hydrogen-bond acceptors (Lipinski definition) is 7. The Labute approximate surface area is 193 Å². The number of esters is 1. The molecule has 0 aromatic heterocycles. The Kier molecular flexibility index (Phi) is 7.63. The number of carbonyl (C=O) groups is 4. The number of para-hydroxylation sites is 2. The molecule has 0 aliphatic heterocycles. The molecule has 1 aliphatic rings. The van der Waals surface area contributed by atoms with Crippen LogP contribution in [0.2, 0.25) is 0 Å². The van der Waals surface area contributed by atoms with Gasteiger partial charge in [-0.1, -0.05) is 37.5 Å². The van der Waals surface area contributed by atoms with Crippen LogP contribution in [0.5, 0.6) is 11.5 Å². The third kappa shape index (κ3) is 6.28. The minimum absolute atomic E-state index is 0.00202. The van der Waals surface area contributed by atoms with Crippen molar-refractivity contribution < 1.29 is 33.4 Å². The minimum atomic E-state index is -0.951. The molecule has 0 bridgehead atoms. The molecule has 2 aromatic rings. The summed E-state index contributed by atoms with van der Waals surface area (Å²) in [7, 11) is 0. The summed E-state index contributed by atoms with van der Waals surface area (Å²) in [5, 5.41) is 0. The molecular formula is C26H28O7. The number of carbonyl (C=O) groups excluding carboxylic acids is 4. The van der Waals surface area contributed by atoms with Crippen molar-refractivity contribution in [3.63, 3.8) is 0 Å². The molecule has 0 radical (unpaired) electrons. The van der Waals surface area contributed by atoms with Gasteiger partial charge in [0.1, 0.15) is 11.4 Å². The monoisotopic (exact) mass is 452 g/mol. The molecule has 1 aliphatic carbocycles. The zero-order valence-corrected chi connectivity index (χ0v) is 19.1. The zero-order valence-electron chi connectivity index (χ0n) is 19.1. The number of benzene rings is 2. The van der Waals surface area contributed by atoms with Gasteiger partial charge in [0.05, 0.1) is 22.6 Å². The summed E-state index contributed by atoms with van der Waals surface area (Å²) in [5.41, 5.74) is -0.574. The van der Waals surface area contributed by atoms with E-state index >= 15 is 0 Å². The van der Waals surface area contributed by atoms with Crippen molar-refractivity contribution in [2.24, 2.45) is 5.92 Å². The van der Waals surface area contributed by atoms with Gasteiger partial charge < -0.3 is 14.2 Å². The van der Waals surface area contributed by atoms with Gasteiger partial charge in [0.25, 0.3) is 0 Å². The Morgan fingerprint density at radius 1 is 0.879 bits per heavy atom. The maximum atomic E-state index is 13.4. The van der Waals surface area contributed by atoms with Crippen molar-refractivity contribution in [1.82, 2.24) is 0 Å². The molecule has 7 heteroatoms. The van der Waals surface area contributed by atoms with Gasteiger partial charge in [-0.05, 0) is 57.9 Å². The van der Waals surface area contributed by atoms with Gasteiger partial charge in [0, 0.05) is 0 Å². The van der Waals surface area contributed by atoms with E-state index in [9.17, 15) is 19.2 Å². The number of ether oxygens (including phenoxy) is 3. The van der Waals surface area contributed by atoms with Crippen molar-refractivity contribution >= 4 is 24.2 Å². The summed E-state index contributed by atoms with van der Waals surface area (Å²) < 4.78 is 16.1. The molecule has 1 fully saturated rings. The minimum Gasteiger partial charge on any atom is -0.428 e. The average Bonchev–Trinajstić information content (AvgIpc) is 2.78. The smallest absolute Gasteiger partial charge is 0.428 e. The third-order valence-electron chi connectivity index (χ3n) is 5.27. The topological polar surface area (TPSA) is 96.0 Å². The number of aldehydes is 1. The Morgan fingerprint density at radius 2 is 1.55 bits per heavy atom. The first-order valence-corrected chi connectivity index (χ1v) is 11.0. The molecule has 7 nitrogen and oxygen atoms in total. The fraction of sp³-hybridized carbons (Fsp3) is 0.385. The first-order valence-electron chi connectivity index (χ1n) is 11.0. The largest absolute Gasteiger partial charge is 0.514 e. The first kappa shape index (κ1) is 24.2. The normalized spacial score (nSPS) is 14.3. The van der Waals surface area contributed by atoms with E-state index in [4.69, 9.17) is 14.2 Å². The molecule has 0 saturated heterocycles. The lowest BCUT2D eigenvalue weighted by Crippen LogP contribution is -2.26. The van der Waals surface area contributed by atoms with Gasteiger partial charge in [-0.25, -0.2) is 4.79 Å². The Morgan fingerprint density at radius 3 is 2.21 bits per heavy atom. The lowest BCUT2D eigenvalue weighted by atomic mass is 9.89. The third-order valence-corrected chi connectivity index (χ3v) is 5.27. The van der Waals surface area contributed by atoms with E-state index in [1.54, 1.807) is 32.9 Å². The first-order chi connectivity index (χ1) is 15.7. The zero-order chi connectivity index (χ0) is 24.0. The molecule has 174 valence electrons. The van der Waals surface area contributed by atoms with Crippen LogP contribution in [0.4, 0.5) is 4.79 Å². The molecule has 0 unspecified atom stereocenters. The maximum Gasteiger partial charge on any atom is 0.514 e. The average molecular weight is 453 g/mol. The fourth-order valence-corrected chi connectivity index (χ4v) is 3.71. The SMILES string of the molecule is CC(C)(C)OC(=O)Oc1ccccc1C(=O)c1cccc(C=O)c1OC(=O)C1CCCCC1. The molecule has 1 saturated carbocycles. The highest BCUT2D eigenvalue weighted by atomic mass is 16.7. The lowest BCUT2D eigenvalue weighted by Gasteiger charge is -2.21. The van der Waals surface area contributed by atoms with Gasteiger partial charge in [0.15, 0.2) is 12.0 Å². The molecule has 33 heavy (non-hydrogen) atoms. The second-order valence-electron chi connectivity index (χ2n) is 8.99. The predicted octanol–water partition coefficient (Wildman–Crippen LogP) is 5.53. The summed E-state index contributed by atoms with van der Waals surface area (Å²) in [6.07, 6.45) is 3.99. The quantitative estimate of drug-likeness (QED) is 0.187. The van der Waals surface area contributed by atoms with Crippen LogP contribution in [-0.4, -0.2) is 29.8 Å². The molecule has 0 N–H and O–H groups in total. The van der Waals surface area contributed by atoms with Gasteiger partial charge in [-0.2, -0.15) is 0 Å². The summed E-state index contributed by atoms with van der Waals surface area (Å²) in [6, 6.07) is 10.7. The highest BCUT2D eigenvalue weighted by molar-refractivity contribution is 6.13. The molecular weight excluding hydrogens is 424 g/mol. The van der Waals surface area contributed by atoms with Gasteiger partial charge >= 0.3 is 12.1 Å². The fourth-order valence-electron chi connectivity index (χ4n) is 3.71. The van der Waals surface area contributed by atoms with Crippen LogP contribution in [0.3, 0.4) is 0 Å². The summed E-state index contributed by atoms with van der Waals surface area (Å²) >= 11 is 0. The highest BCUT2D eigenvalue weighted by Crippen LogP contribution is 2.32. The Hall–Kier alpha value is -3.48. The van der Waals surface area contributed by atoms with Crippen LogP contribution in [0, 0.1) is 5.92 Å². The van der Waals surface area contributed by atoms with Crippen LogP contribution < -0.4 is 9.47 Å². The Balaban J connectivity index is 1.92. The van der Waals surface area contributed by atoms with Crippen LogP contribution in [0.25, 0.3) is 0 Å². The van der Waals surface area contributed by atoms with Gasteiger partial charge in [-0.15, -0.1) is 0 Å². The number of rotatable bonds is 6. The summed E-state index contributed by atoms with van der Waals surface area (Å²) in [4.78, 5) is 50.0. The van der Waals surface area contributed by atoms with E-state index in [0.29, 0.717) is 6.29 Å². The van der Waals surface area contributed by atoms with Crippen molar-refractivity contribution in [1.29, 1.82) is 0 Å². The van der Waals surface area contributed by atoms with Gasteiger partial charge in [0.2, 0.25) is 5.78 Å². The summed E-state index contributed by atoms with van der Waals surface area (Å²) in [5.74, 6) is -1.34. The van der Waals surface area contributed by atoms with E-state index in [0.717, 1.165) is 32.1 Å². The van der Waals surface area contributed by atoms with E-state index in [1.807, 2.05) is 0 Å². The van der Waals surface area contributed by atoms with E-state index < -0.39 is 23.5 Å². The maximum absolute atomic E-state index is 13.4. The number of ketones is 1. The summed E-state index contributed by atoms with van der Waals surface area (Å²) in [6.45, 7) is 5.09. The van der Waals surface area contributed by atoms with E-state index in [-0.39, 0.29) is 34.1 Å². The van der Waals surface area contributed by atoms with Crippen LogP contribution in [-0.2, 0) is 9.53 Å². The van der Waals surface area contributed by atoms with E-state index in [2.05, 4.69) is 0 Å². The molecule has 3 rings (SSSR count). The van der Waals surface area contributed by atoms with Crippen molar-refractivity contribution in [3.05, 3.63) is 59.2 Å². The molecule has 0 amide bonds. The van der Waals surface area contributed by atoms with Crippen LogP contribution in [0.15, 0.2) is 42.5 Å². The predicted molar refractivity (Wildman–Crippen MR) is 121 cm³/mol. The second kappa shape index (κ2) is 10.4. The molecule has 0 heterocycles. The standard InChI is InChI=1S/C26H28O7/c1-26(2,3)33-25(30)31-21-15-8-7-13-19(21)22(28)20-14-9-12-18(16-27)23(20)32-24(29)17-10-5-4-6-11-17/h7-9,12-17H,4-6,10-11H2,1-3H3. The lowest BCUT2D eigenvalue weighted by molar-refractivity contribution is -0.140. The van der Waals surface area contributed by atoms with Crippen LogP contribution in [0.1, 0.15) is 79.2 Å². The van der Waals surface area contributed by atoms with Gasteiger partial charge in [-0.3, -0.25) is 14.4 Å². The Bertz CT molecular complexity index is 1040. The number of hydrogen-bond donors (Lipinski definition) is 0.